The van der Waals surface area contributed by atoms with Crippen molar-refractivity contribution in [3.05, 3.63) is 64.7 Å². The summed E-state index contributed by atoms with van der Waals surface area (Å²) in [6.45, 7) is 4.41. The van der Waals surface area contributed by atoms with Gasteiger partial charge >= 0.3 is 10.1 Å². The molecule has 0 heterocycles. The lowest BCUT2D eigenvalue weighted by Gasteiger charge is -2.29. The van der Waals surface area contributed by atoms with E-state index in [1.165, 1.54) is 0 Å². The molecule has 0 aliphatic carbocycles. The molecule has 0 bridgehead atoms. The average Bonchev–Trinajstić information content (AvgIpc) is 2.58. The van der Waals surface area contributed by atoms with E-state index in [4.69, 9.17) is 15.8 Å². The number of carbonyl (C=O) groups is 1. The first-order chi connectivity index (χ1) is 12.2. The van der Waals surface area contributed by atoms with Crippen molar-refractivity contribution in [1.82, 2.24) is 4.90 Å². The molecule has 140 valence electrons. The lowest BCUT2D eigenvalue weighted by Crippen LogP contribution is -2.37. The Bertz CT molecular complexity index is 865. The van der Waals surface area contributed by atoms with Crippen molar-refractivity contribution in [2.24, 2.45) is 0 Å². The largest absolute Gasteiger partial charge is 0.383 e. The Labute approximate surface area is 159 Å². The van der Waals surface area contributed by atoms with Gasteiger partial charge in [0.1, 0.15) is 5.75 Å². The van der Waals surface area contributed by atoms with E-state index < -0.39 is 10.1 Å². The zero-order chi connectivity index (χ0) is 19.3. The summed E-state index contributed by atoms with van der Waals surface area (Å²) in [6, 6.07) is 13.6. The first-order valence-corrected chi connectivity index (χ1v) is 10.4. The second-order valence-electron chi connectivity index (χ2n) is 6.13. The molecular weight excluding hydrogens is 374 g/mol. The Kier molecular flexibility index (Phi) is 6.67. The van der Waals surface area contributed by atoms with Gasteiger partial charge in [0.15, 0.2) is 0 Å². The second kappa shape index (κ2) is 8.56. The summed E-state index contributed by atoms with van der Waals surface area (Å²) >= 11 is 6.00. The SMILES string of the molecule is CCC(C)N(Cc1ccc(OS(C)(=O)=O)cc1)C(=O)c1cccc(Cl)c1. The van der Waals surface area contributed by atoms with E-state index in [1.54, 1.807) is 53.4 Å². The van der Waals surface area contributed by atoms with E-state index in [9.17, 15) is 13.2 Å². The highest BCUT2D eigenvalue weighted by Gasteiger charge is 2.21. The molecular formula is C19H22ClNO4S. The van der Waals surface area contributed by atoms with E-state index in [1.807, 2.05) is 13.8 Å². The molecule has 0 fully saturated rings. The van der Waals surface area contributed by atoms with E-state index in [-0.39, 0.29) is 17.7 Å². The molecule has 2 rings (SSSR count). The van der Waals surface area contributed by atoms with Gasteiger partial charge in [-0.3, -0.25) is 4.79 Å². The topological polar surface area (TPSA) is 63.7 Å². The molecule has 5 nitrogen and oxygen atoms in total. The van der Waals surface area contributed by atoms with Crippen LogP contribution < -0.4 is 4.18 Å². The average molecular weight is 396 g/mol. The minimum Gasteiger partial charge on any atom is -0.383 e. The molecule has 0 spiro atoms. The van der Waals surface area contributed by atoms with Gasteiger partial charge in [-0.2, -0.15) is 8.42 Å². The molecule has 26 heavy (non-hydrogen) atoms. The predicted octanol–water partition coefficient (Wildman–Crippen LogP) is 4.12. The minimum absolute atomic E-state index is 0.0356. The highest BCUT2D eigenvalue weighted by molar-refractivity contribution is 7.86. The number of halogens is 1. The molecule has 0 N–H and O–H groups in total. The fourth-order valence-electron chi connectivity index (χ4n) is 2.46. The summed E-state index contributed by atoms with van der Waals surface area (Å²) in [5.41, 5.74) is 1.41. The molecule has 7 heteroatoms. The van der Waals surface area contributed by atoms with Crippen LogP contribution in [0.5, 0.6) is 5.75 Å². The van der Waals surface area contributed by atoms with Crippen molar-refractivity contribution in [2.45, 2.75) is 32.9 Å². The van der Waals surface area contributed by atoms with Gasteiger partial charge in [-0.05, 0) is 49.2 Å². The number of benzene rings is 2. The van der Waals surface area contributed by atoms with Crippen LogP contribution in [0.2, 0.25) is 5.02 Å². The number of amides is 1. The van der Waals surface area contributed by atoms with Crippen LogP contribution in [-0.4, -0.2) is 31.5 Å². The minimum atomic E-state index is -3.56. The van der Waals surface area contributed by atoms with Crippen LogP contribution >= 0.6 is 11.6 Å². The quantitative estimate of drug-likeness (QED) is 0.661. The summed E-state index contributed by atoms with van der Waals surface area (Å²) in [5.74, 6) is 0.144. The van der Waals surface area contributed by atoms with Crippen molar-refractivity contribution >= 4 is 27.6 Å². The van der Waals surface area contributed by atoms with Gasteiger partial charge in [0.25, 0.3) is 5.91 Å². The Morgan fingerprint density at radius 1 is 1.19 bits per heavy atom. The van der Waals surface area contributed by atoms with Crippen molar-refractivity contribution in [3.8, 4) is 5.75 Å². The van der Waals surface area contributed by atoms with Gasteiger partial charge in [-0.15, -0.1) is 0 Å². The number of rotatable bonds is 7. The molecule has 0 aliphatic heterocycles. The first-order valence-electron chi connectivity index (χ1n) is 8.24. The van der Waals surface area contributed by atoms with E-state index in [0.29, 0.717) is 17.1 Å². The van der Waals surface area contributed by atoms with Crippen LogP contribution in [0.1, 0.15) is 36.2 Å². The molecule has 0 saturated carbocycles. The predicted molar refractivity (Wildman–Crippen MR) is 103 cm³/mol. The van der Waals surface area contributed by atoms with Gasteiger partial charge in [0.2, 0.25) is 0 Å². The molecule has 1 atom stereocenters. The van der Waals surface area contributed by atoms with Gasteiger partial charge in [-0.25, -0.2) is 0 Å². The summed E-state index contributed by atoms with van der Waals surface area (Å²) in [5, 5.41) is 0.516. The Balaban J connectivity index is 2.21. The summed E-state index contributed by atoms with van der Waals surface area (Å²) in [4.78, 5) is 14.7. The maximum absolute atomic E-state index is 12.9. The normalized spacial score (nSPS) is 12.5. The van der Waals surface area contributed by atoms with Crippen molar-refractivity contribution in [2.75, 3.05) is 6.26 Å². The smallest absolute Gasteiger partial charge is 0.306 e. The van der Waals surface area contributed by atoms with Crippen LogP contribution in [0.15, 0.2) is 48.5 Å². The van der Waals surface area contributed by atoms with Crippen LogP contribution in [0.4, 0.5) is 0 Å². The fraction of sp³-hybridized carbons (Fsp3) is 0.316. The lowest BCUT2D eigenvalue weighted by atomic mass is 10.1. The summed E-state index contributed by atoms with van der Waals surface area (Å²) < 4.78 is 27.2. The monoisotopic (exact) mass is 395 g/mol. The number of hydrogen-bond donors (Lipinski definition) is 0. The van der Waals surface area contributed by atoms with Gasteiger partial charge in [-0.1, -0.05) is 36.7 Å². The van der Waals surface area contributed by atoms with Gasteiger partial charge in [0.05, 0.1) is 6.26 Å². The van der Waals surface area contributed by atoms with E-state index in [2.05, 4.69) is 0 Å². The van der Waals surface area contributed by atoms with Gasteiger partial charge < -0.3 is 9.08 Å². The zero-order valence-corrected chi connectivity index (χ0v) is 16.5. The number of nitrogens with zero attached hydrogens (tertiary/aromatic N) is 1. The van der Waals surface area contributed by atoms with Crippen molar-refractivity contribution in [1.29, 1.82) is 0 Å². The Morgan fingerprint density at radius 3 is 2.38 bits per heavy atom. The molecule has 0 aliphatic rings. The van der Waals surface area contributed by atoms with Crippen LogP contribution in [0, 0.1) is 0 Å². The highest BCUT2D eigenvalue weighted by atomic mass is 35.5. The van der Waals surface area contributed by atoms with Crippen LogP contribution in [-0.2, 0) is 16.7 Å². The van der Waals surface area contributed by atoms with Crippen LogP contribution in [0.3, 0.4) is 0 Å². The van der Waals surface area contributed by atoms with Gasteiger partial charge in [0, 0.05) is 23.2 Å². The number of hydrogen-bond acceptors (Lipinski definition) is 4. The van der Waals surface area contributed by atoms with Crippen molar-refractivity contribution in [3.63, 3.8) is 0 Å². The molecule has 2 aromatic carbocycles. The maximum Gasteiger partial charge on any atom is 0.306 e. The molecule has 2 aromatic rings. The fourth-order valence-corrected chi connectivity index (χ4v) is 3.11. The highest BCUT2D eigenvalue weighted by Crippen LogP contribution is 2.20. The summed E-state index contributed by atoms with van der Waals surface area (Å²) in [7, 11) is -3.56. The Hall–Kier alpha value is -2.05. The summed E-state index contributed by atoms with van der Waals surface area (Å²) in [6.07, 6.45) is 1.80. The third-order valence-corrected chi connectivity index (χ3v) is 4.71. The molecule has 0 saturated heterocycles. The third kappa shape index (κ3) is 5.75. The molecule has 1 unspecified atom stereocenters. The maximum atomic E-state index is 12.9. The lowest BCUT2D eigenvalue weighted by molar-refractivity contribution is 0.0671. The molecule has 1 amide bonds. The van der Waals surface area contributed by atoms with E-state index in [0.717, 1.165) is 18.2 Å². The molecule has 0 aromatic heterocycles. The standard InChI is InChI=1S/C19H22ClNO4S/c1-4-14(2)21(19(22)16-6-5-7-17(20)12-16)13-15-8-10-18(11-9-15)25-26(3,23)24/h5-12,14H,4,13H2,1-3H3. The Morgan fingerprint density at radius 2 is 1.85 bits per heavy atom. The van der Waals surface area contributed by atoms with E-state index >= 15 is 0 Å². The van der Waals surface area contributed by atoms with Crippen LogP contribution in [0.25, 0.3) is 0 Å². The number of carbonyl (C=O) groups excluding carboxylic acids is 1. The third-order valence-electron chi connectivity index (χ3n) is 3.98. The zero-order valence-electron chi connectivity index (χ0n) is 15.0. The second-order valence-corrected chi connectivity index (χ2v) is 8.14. The molecule has 0 radical (unpaired) electrons. The van der Waals surface area contributed by atoms with Crippen molar-refractivity contribution < 1.29 is 17.4 Å². The first kappa shape index (κ1) is 20.3.